The van der Waals surface area contributed by atoms with Gasteiger partial charge in [-0.15, -0.1) is 0 Å². The first-order valence-corrected chi connectivity index (χ1v) is 8.59. The van der Waals surface area contributed by atoms with Crippen LogP contribution in [0.5, 0.6) is 5.75 Å². The van der Waals surface area contributed by atoms with Crippen LogP contribution in [0, 0.1) is 5.92 Å². The van der Waals surface area contributed by atoms with Gasteiger partial charge in [0.25, 0.3) is 0 Å². The second-order valence-electron chi connectivity index (χ2n) is 6.65. The quantitative estimate of drug-likeness (QED) is 0.679. The van der Waals surface area contributed by atoms with Gasteiger partial charge in [-0.1, -0.05) is 13.8 Å². The Morgan fingerprint density at radius 2 is 1.75 bits per heavy atom. The van der Waals surface area contributed by atoms with E-state index in [9.17, 15) is 0 Å². The van der Waals surface area contributed by atoms with Crippen molar-refractivity contribution in [2.75, 3.05) is 25.1 Å². The summed E-state index contributed by atoms with van der Waals surface area (Å²) in [6.45, 7) is 6.80. The van der Waals surface area contributed by atoms with Crippen LogP contribution in [-0.4, -0.2) is 20.2 Å². The van der Waals surface area contributed by atoms with Crippen LogP contribution in [0.15, 0.2) is 52.7 Å². The summed E-state index contributed by atoms with van der Waals surface area (Å²) in [6.07, 6.45) is 2.33. The number of benzene rings is 2. The molecule has 0 saturated carbocycles. The Kier molecular flexibility index (Phi) is 5.14. The predicted octanol–water partition coefficient (Wildman–Crippen LogP) is 5.52. The van der Waals surface area contributed by atoms with Crippen molar-refractivity contribution in [1.82, 2.24) is 0 Å². The van der Waals surface area contributed by atoms with E-state index >= 15 is 0 Å². The molecule has 2 aromatic rings. The van der Waals surface area contributed by atoms with Gasteiger partial charge in [0.05, 0.1) is 18.5 Å². The third-order valence-corrected chi connectivity index (χ3v) is 4.22. The van der Waals surface area contributed by atoms with Gasteiger partial charge >= 0.3 is 0 Å². The van der Waals surface area contributed by atoms with Gasteiger partial charge in [0.2, 0.25) is 0 Å². The van der Waals surface area contributed by atoms with Crippen LogP contribution in [0.3, 0.4) is 0 Å². The van der Waals surface area contributed by atoms with Gasteiger partial charge in [0.1, 0.15) is 5.75 Å². The summed E-state index contributed by atoms with van der Waals surface area (Å²) in [4.78, 5) is 2.49. The SMILES string of the molecule is COc1ccc(N=Nc2ccc3c(c2)CCCN3CC(C)C)cc1. The van der Waals surface area contributed by atoms with Crippen LogP contribution in [0.1, 0.15) is 25.8 Å². The number of nitrogens with zero attached hydrogens (tertiary/aromatic N) is 3. The largest absolute Gasteiger partial charge is 0.497 e. The number of anilines is 1. The maximum Gasteiger partial charge on any atom is 0.119 e. The first-order valence-electron chi connectivity index (χ1n) is 8.59. The number of hydrogen-bond acceptors (Lipinski definition) is 4. The number of azo groups is 1. The average Bonchev–Trinajstić information content (AvgIpc) is 2.60. The molecule has 0 fully saturated rings. The number of rotatable bonds is 5. The third-order valence-electron chi connectivity index (χ3n) is 4.22. The maximum atomic E-state index is 5.15. The highest BCUT2D eigenvalue weighted by Gasteiger charge is 2.17. The zero-order chi connectivity index (χ0) is 16.9. The molecule has 1 heterocycles. The van der Waals surface area contributed by atoms with Crippen molar-refractivity contribution in [3.63, 3.8) is 0 Å². The first-order chi connectivity index (χ1) is 11.7. The molecule has 0 unspecified atom stereocenters. The van der Waals surface area contributed by atoms with Crippen LogP contribution < -0.4 is 9.64 Å². The lowest BCUT2D eigenvalue weighted by Crippen LogP contribution is -2.32. The van der Waals surface area contributed by atoms with Gasteiger partial charge < -0.3 is 9.64 Å². The molecule has 0 N–H and O–H groups in total. The predicted molar refractivity (Wildman–Crippen MR) is 99.0 cm³/mol. The Labute approximate surface area is 144 Å². The average molecular weight is 323 g/mol. The molecule has 1 aliphatic rings. The van der Waals surface area contributed by atoms with E-state index in [0.717, 1.165) is 36.6 Å². The molecule has 4 nitrogen and oxygen atoms in total. The van der Waals surface area contributed by atoms with E-state index in [1.807, 2.05) is 24.3 Å². The fraction of sp³-hybridized carbons (Fsp3) is 0.400. The topological polar surface area (TPSA) is 37.2 Å². The van der Waals surface area contributed by atoms with E-state index in [1.165, 1.54) is 17.7 Å². The van der Waals surface area contributed by atoms with Crippen molar-refractivity contribution in [2.45, 2.75) is 26.7 Å². The van der Waals surface area contributed by atoms with Gasteiger partial charge in [-0.3, -0.25) is 0 Å². The standard InChI is InChI=1S/C20H25N3O/c1-15(2)14-23-12-4-5-16-13-18(8-11-20(16)23)22-21-17-6-9-19(24-3)10-7-17/h6-11,13,15H,4-5,12,14H2,1-3H3. The lowest BCUT2D eigenvalue weighted by atomic mass is 10.00. The monoisotopic (exact) mass is 323 g/mol. The molecule has 0 atom stereocenters. The number of aryl methyl sites for hydroxylation is 1. The van der Waals surface area contributed by atoms with E-state index in [0.29, 0.717) is 5.92 Å². The highest BCUT2D eigenvalue weighted by Crippen LogP contribution is 2.32. The van der Waals surface area contributed by atoms with Crippen LogP contribution >= 0.6 is 0 Å². The van der Waals surface area contributed by atoms with E-state index in [1.54, 1.807) is 7.11 Å². The van der Waals surface area contributed by atoms with Crippen molar-refractivity contribution >= 4 is 17.1 Å². The molecule has 2 aromatic carbocycles. The van der Waals surface area contributed by atoms with E-state index < -0.39 is 0 Å². The second-order valence-corrected chi connectivity index (χ2v) is 6.65. The summed E-state index contributed by atoms with van der Waals surface area (Å²) in [7, 11) is 1.66. The van der Waals surface area contributed by atoms with Crippen LogP contribution in [-0.2, 0) is 6.42 Å². The molecular formula is C20H25N3O. The van der Waals surface area contributed by atoms with Gasteiger partial charge in [-0.2, -0.15) is 10.2 Å². The fourth-order valence-corrected chi connectivity index (χ4v) is 3.12. The number of hydrogen-bond donors (Lipinski definition) is 0. The van der Waals surface area contributed by atoms with Gasteiger partial charge in [0.15, 0.2) is 0 Å². The number of methoxy groups -OCH3 is 1. The van der Waals surface area contributed by atoms with Crippen molar-refractivity contribution in [3.8, 4) is 5.75 Å². The van der Waals surface area contributed by atoms with Gasteiger partial charge in [0, 0.05) is 18.8 Å². The van der Waals surface area contributed by atoms with Gasteiger partial charge in [-0.25, -0.2) is 0 Å². The summed E-state index contributed by atoms with van der Waals surface area (Å²) in [5, 5.41) is 8.72. The summed E-state index contributed by atoms with van der Waals surface area (Å²) in [6, 6.07) is 14.0. The van der Waals surface area contributed by atoms with Crippen LogP contribution in [0.4, 0.5) is 17.1 Å². The molecule has 0 spiro atoms. The van der Waals surface area contributed by atoms with E-state index in [-0.39, 0.29) is 0 Å². The molecule has 0 bridgehead atoms. The molecule has 0 radical (unpaired) electrons. The Morgan fingerprint density at radius 3 is 2.46 bits per heavy atom. The van der Waals surface area contributed by atoms with Crippen LogP contribution in [0.25, 0.3) is 0 Å². The summed E-state index contributed by atoms with van der Waals surface area (Å²) in [5.41, 5.74) is 4.48. The highest BCUT2D eigenvalue weighted by atomic mass is 16.5. The van der Waals surface area contributed by atoms with Gasteiger partial charge in [-0.05, 0) is 66.8 Å². The molecule has 0 amide bonds. The minimum Gasteiger partial charge on any atom is -0.497 e. The lowest BCUT2D eigenvalue weighted by Gasteiger charge is -2.32. The Balaban J connectivity index is 1.76. The normalized spacial score (nSPS) is 14.2. The lowest BCUT2D eigenvalue weighted by molar-refractivity contribution is 0.415. The molecule has 24 heavy (non-hydrogen) atoms. The van der Waals surface area contributed by atoms with Crippen molar-refractivity contribution in [2.24, 2.45) is 16.1 Å². The van der Waals surface area contributed by atoms with Crippen molar-refractivity contribution in [1.29, 1.82) is 0 Å². The molecule has 126 valence electrons. The fourth-order valence-electron chi connectivity index (χ4n) is 3.12. The minimum atomic E-state index is 0.672. The minimum absolute atomic E-state index is 0.672. The summed E-state index contributed by atoms with van der Waals surface area (Å²) in [5.74, 6) is 1.50. The second kappa shape index (κ2) is 7.47. The number of fused-ring (bicyclic) bond motifs is 1. The molecular weight excluding hydrogens is 298 g/mol. The molecule has 3 rings (SSSR count). The zero-order valence-electron chi connectivity index (χ0n) is 14.7. The zero-order valence-corrected chi connectivity index (χ0v) is 14.7. The van der Waals surface area contributed by atoms with E-state index in [2.05, 4.69) is 47.2 Å². The molecule has 0 saturated heterocycles. The summed E-state index contributed by atoms with van der Waals surface area (Å²) < 4.78 is 5.15. The molecule has 0 aromatic heterocycles. The molecule has 4 heteroatoms. The van der Waals surface area contributed by atoms with Crippen LogP contribution in [0.2, 0.25) is 0 Å². The Morgan fingerprint density at radius 1 is 1.04 bits per heavy atom. The summed E-state index contributed by atoms with van der Waals surface area (Å²) >= 11 is 0. The highest BCUT2D eigenvalue weighted by molar-refractivity contribution is 5.61. The Bertz CT molecular complexity index is 707. The first kappa shape index (κ1) is 16.5. The van der Waals surface area contributed by atoms with E-state index in [4.69, 9.17) is 4.74 Å². The molecule has 0 aliphatic carbocycles. The Hall–Kier alpha value is -2.36. The van der Waals surface area contributed by atoms with Crippen molar-refractivity contribution < 1.29 is 4.74 Å². The molecule has 1 aliphatic heterocycles. The maximum absolute atomic E-state index is 5.15. The third kappa shape index (κ3) is 3.94. The smallest absolute Gasteiger partial charge is 0.119 e. The van der Waals surface area contributed by atoms with Crippen molar-refractivity contribution in [3.05, 3.63) is 48.0 Å². The number of ether oxygens (including phenoxy) is 1.